The van der Waals surface area contributed by atoms with Crippen molar-refractivity contribution < 1.29 is 4.79 Å². The van der Waals surface area contributed by atoms with E-state index in [0.717, 1.165) is 75.5 Å². The maximum atomic E-state index is 12.5. The summed E-state index contributed by atoms with van der Waals surface area (Å²) in [7, 11) is 0. The summed E-state index contributed by atoms with van der Waals surface area (Å²) < 4.78 is 2.90. The number of benzene rings is 1. The number of piperazine rings is 1. The predicted molar refractivity (Wildman–Crippen MR) is 121 cm³/mol. The Morgan fingerprint density at radius 3 is 2.30 bits per heavy atom. The van der Waals surface area contributed by atoms with E-state index in [0.29, 0.717) is 24.9 Å². The van der Waals surface area contributed by atoms with Gasteiger partial charge in [-0.05, 0) is 37.8 Å². The van der Waals surface area contributed by atoms with Crippen LogP contribution in [0.15, 0.2) is 39.9 Å². The number of aromatic nitrogens is 2. The summed E-state index contributed by atoms with van der Waals surface area (Å²) in [6, 6.07) is 9.58. The lowest BCUT2D eigenvalue weighted by Gasteiger charge is -2.34. The summed E-state index contributed by atoms with van der Waals surface area (Å²) >= 11 is 1.01. The zero-order valence-electron chi connectivity index (χ0n) is 17.1. The molecule has 7 nitrogen and oxygen atoms in total. The van der Waals surface area contributed by atoms with E-state index in [2.05, 4.69) is 4.90 Å². The zero-order chi connectivity index (χ0) is 20.2. The van der Waals surface area contributed by atoms with Crippen LogP contribution < -0.4 is 10.6 Å². The van der Waals surface area contributed by atoms with Crippen LogP contribution in [0.3, 0.4) is 0 Å². The standard InChI is InChI=1S/C21H28N4O3S.ClH/c26-19(18-8-9-18)23-14-12-22(13-15-23)10-4-5-11-25-20(27)24(21(28)29-25)16-17-6-2-1-3-7-17;/h1-3,6-7,18H,4-5,8-16H2;1H. The summed E-state index contributed by atoms with van der Waals surface area (Å²) in [6.45, 7) is 5.40. The molecule has 1 aromatic carbocycles. The van der Waals surface area contributed by atoms with E-state index in [4.69, 9.17) is 0 Å². The van der Waals surface area contributed by atoms with Crippen LogP contribution in [-0.2, 0) is 17.9 Å². The number of hydrogen-bond donors (Lipinski definition) is 0. The molecule has 0 bridgehead atoms. The maximum Gasteiger partial charge on any atom is 0.341 e. The Morgan fingerprint density at radius 1 is 0.967 bits per heavy atom. The lowest BCUT2D eigenvalue weighted by Crippen LogP contribution is -2.49. The first kappa shape index (κ1) is 22.8. The minimum Gasteiger partial charge on any atom is -0.340 e. The minimum atomic E-state index is -0.212. The van der Waals surface area contributed by atoms with Crippen molar-refractivity contribution in [3.05, 3.63) is 56.0 Å². The molecule has 2 fully saturated rings. The van der Waals surface area contributed by atoms with Gasteiger partial charge in [0, 0.05) is 50.2 Å². The van der Waals surface area contributed by atoms with Crippen LogP contribution in [0.5, 0.6) is 0 Å². The lowest BCUT2D eigenvalue weighted by molar-refractivity contribution is -0.134. The molecule has 2 heterocycles. The minimum absolute atomic E-state index is 0. The van der Waals surface area contributed by atoms with Gasteiger partial charge in [0.1, 0.15) is 0 Å². The summed E-state index contributed by atoms with van der Waals surface area (Å²) in [6.07, 6.45) is 3.98. The molecule has 1 saturated carbocycles. The highest BCUT2D eigenvalue weighted by Crippen LogP contribution is 2.31. The molecule has 1 saturated heterocycles. The molecule has 0 atom stereocenters. The number of carbonyl (C=O) groups is 1. The maximum absolute atomic E-state index is 12.5. The number of carbonyl (C=O) groups excluding carboxylic acids is 1. The molecule has 30 heavy (non-hydrogen) atoms. The fraction of sp³-hybridized carbons (Fsp3) is 0.571. The van der Waals surface area contributed by atoms with Crippen molar-refractivity contribution in [1.29, 1.82) is 0 Å². The molecule has 1 aliphatic carbocycles. The van der Waals surface area contributed by atoms with E-state index >= 15 is 0 Å². The van der Waals surface area contributed by atoms with Gasteiger partial charge in [-0.1, -0.05) is 30.3 Å². The number of hydrogen-bond acceptors (Lipinski definition) is 5. The Hall–Kier alpha value is -1.90. The molecule has 164 valence electrons. The Kier molecular flexibility index (Phi) is 7.91. The summed E-state index contributed by atoms with van der Waals surface area (Å²) in [5.41, 5.74) is 0.743. The van der Waals surface area contributed by atoms with Crippen molar-refractivity contribution in [2.24, 2.45) is 5.92 Å². The second-order valence-electron chi connectivity index (χ2n) is 7.96. The van der Waals surface area contributed by atoms with Crippen molar-refractivity contribution in [1.82, 2.24) is 18.3 Å². The van der Waals surface area contributed by atoms with Crippen LogP contribution in [-0.4, -0.2) is 57.0 Å². The summed E-state index contributed by atoms with van der Waals surface area (Å²) in [4.78, 5) is 41.1. The molecule has 0 radical (unpaired) electrons. The Morgan fingerprint density at radius 2 is 1.63 bits per heavy atom. The van der Waals surface area contributed by atoms with Gasteiger partial charge in [-0.2, -0.15) is 0 Å². The van der Waals surface area contributed by atoms with Crippen LogP contribution in [0.2, 0.25) is 0 Å². The molecule has 0 spiro atoms. The highest BCUT2D eigenvalue weighted by molar-refractivity contribution is 7.03. The molecule has 2 aliphatic rings. The van der Waals surface area contributed by atoms with Crippen molar-refractivity contribution in [3.63, 3.8) is 0 Å². The van der Waals surface area contributed by atoms with Gasteiger partial charge in [-0.3, -0.25) is 14.5 Å². The third kappa shape index (κ3) is 5.62. The van der Waals surface area contributed by atoms with Gasteiger partial charge < -0.3 is 4.90 Å². The van der Waals surface area contributed by atoms with Crippen molar-refractivity contribution in [2.45, 2.75) is 38.8 Å². The fourth-order valence-electron chi connectivity index (χ4n) is 3.81. The normalized spacial score (nSPS) is 17.0. The quantitative estimate of drug-likeness (QED) is 0.573. The number of nitrogens with zero attached hydrogens (tertiary/aromatic N) is 4. The molecule has 4 rings (SSSR count). The Balaban J connectivity index is 0.00000256. The number of aryl methyl sites for hydroxylation is 1. The first-order valence-electron chi connectivity index (χ1n) is 10.5. The van der Waals surface area contributed by atoms with Gasteiger partial charge in [0.25, 0.3) is 0 Å². The van der Waals surface area contributed by atoms with Gasteiger partial charge in [0.2, 0.25) is 5.91 Å². The van der Waals surface area contributed by atoms with E-state index in [9.17, 15) is 14.4 Å². The zero-order valence-corrected chi connectivity index (χ0v) is 18.7. The first-order valence-corrected chi connectivity index (χ1v) is 11.2. The second-order valence-corrected chi connectivity index (χ2v) is 8.93. The number of unbranched alkanes of at least 4 members (excludes halogenated alkanes) is 1. The topological polar surface area (TPSA) is 67.6 Å². The van der Waals surface area contributed by atoms with E-state index in [-0.39, 0.29) is 23.0 Å². The monoisotopic (exact) mass is 452 g/mol. The highest BCUT2D eigenvalue weighted by Gasteiger charge is 2.34. The molecule has 0 N–H and O–H groups in total. The van der Waals surface area contributed by atoms with Crippen molar-refractivity contribution >= 4 is 29.8 Å². The molecule has 9 heteroatoms. The smallest absolute Gasteiger partial charge is 0.340 e. The summed E-state index contributed by atoms with van der Waals surface area (Å²) in [5, 5.41) is 0. The number of halogens is 1. The molecule has 0 unspecified atom stereocenters. The molecule has 1 aromatic heterocycles. The SMILES string of the molecule is Cl.O=C(C1CC1)N1CCN(CCCCn2sc(=O)n(Cc3ccccc3)c2=O)CC1. The van der Waals surface area contributed by atoms with E-state index in [1.54, 1.807) is 3.96 Å². The fourth-order valence-corrected chi connectivity index (χ4v) is 4.63. The third-order valence-corrected chi connectivity index (χ3v) is 6.67. The number of rotatable bonds is 8. The molecular formula is C21H29ClN4O3S. The Labute approximate surface area is 186 Å². The van der Waals surface area contributed by atoms with E-state index < -0.39 is 0 Å². The van der Waals surface area contributed by atoms with Crippen molar-refractivity contribution in [3.8, 4) is 0 Å². The highest BCUT2D eigenvalue weighted by atomic mass is 35.5. The van der Waals surface area contributed by atoms with Gasteiger partial charge in [0.15, 0.2) is 0 Å². The third-order valence-electron chi connectivity index (χ3n) is 5.73. The van der Waals surface area contributed by atoms with Crippen LogP contribution in [0.4, 0.5) is 0 Å². The van der Waals surface area contributed by atoms with Gasteiger partial charge in [-0.15, -0.1) is 12.4 Å². The molecule has 1 aliphatic heterocycles. The molecule has 2 aromatic rings. The van der Waals surface area contributed by atoms with E-state index in [1.807, 2.05) is 35.2 Å². The average Bonchev–Trinajstić information content (AvgIpc) is 3.56. The lowest BCUT2D eigenvalue weighted by atomic mass is 10.2. The second kappa shape index (κ2) is 10.4. The molecule has 1 amide bonds. The van der Waals surface area contributed by atoms with Crippen LogP contribution >= 0.6 is 23.9 Å². The van der Waals surface area contributed by atoms with Gasteiger partial charge >= 0.3 is 10.6 Å². The van der Waals surface area contributed by atoms with E-state index in [1.165, 1.54) is 4.57 Å². The van der Waals surface area contributed by atoms with Crippen LogP contribution in [0.25, 0.3) is 0 Å². The first-order chi connectivity index (χ1) is 14.1. The van der Waals surface area contributed by atoms with Crippen molar-refractivity contribution in [2.75, 3.05) is 32.7 Å². The van der Waals surface area contributed by atoms with Gasteiger partial charge in [-0.25, -0.2) is 13.3 Å². The Bertz CT molecular complexity index is 943. The number of amides is 1. The average molecular weight is 453 g/mol. The predicted octanol–water partition coefficient (Wildman–Crippen LogP) is 1.88. The van der Waals surface area contributed by atoms with Gasteiger partial charge in [0.05, 0.1) is 6.54 Å². The largest absolute Gasteiger partial charge is 0.341 e. The van der Waals surface area contributed by atoms with Crippen LogP contribution in [0, 0.1) is 5.92 Å². The summed E-state index contributed by atoms with van der Waals surface area (Å²) in [5.74, 6) is 0.653. The van der Waals surface area contributed by atoms with Crippen LogP contribution in [0.1, 0.15) is 31.2 Å². The molecular weight excluding hydrogens is 424 g/mol.